The van der Waals surface area contributed by atoms with Gasteiger partial charge in [-0.3, -0.25) is 9.36 Å². The summed E-state index contributed by atoms with van der Waals surface area (Å²) in [5.74, 6) is 1.31. The Labute approximate surface area is 177 Å². The number of hydrogen-bond donors (Lipinski definition) is 0. The van der Waals surface area contributed by atoms with E-state index in [9.17, 15) is 4.79 Å². The van der Waals surface area contributed by atoms with E-state index in [0.29, 0.717) is 22.6 Å². The predicted molar refractivity (Wildman–Crippen MR) is 117 cm³/mol. The number of nitrogens with zero attached hydrogens (tertiary/aromatic N) is 4. The highest BCUT2D eigenvalue weighted by atomic mass is 16.7. The number of aryl methyl sites for hydroxylation is 1. The zero-order chi connectivity index (χ0) is 20.9. The van der Waals surface area contributed by atoms with E-state index >= 15 is 0 Å². The van der Waals surface area contributed by atoms with Gasteiger partial charge in [-0.15, -0.1) is 0 Å². The fourth-order valence-corrected chi connectivity index (χ4v) is 4.10. The van der Waals surface area contributed by atoms with Crippen LogP contribution in [-0.4, -0.2) is 26.0 Å². The average molecular weight is 410 g/mol. The summed E-state index contributed by atoms with van der Waals surface area (Å²) in [5, 5.41) is 5.29. The molecule has 0 atom stereocenters. The van der Waals surface area contributed by atoms with Crippen molar-refractivity contribution in [1.29, 1.82) is 0 Å². The Hall–Kier alpha value is -4.13. The van der Waals surface area contributed by atoms with Gasteiger partial charge >= 0.3 is 0 Å². The van der Waals surface area contributed by atoms with E-state index in [-0.39, 0.29) is 12.4 Å². The van der Waals surface area contributed by atoms with Gasteiger partial charge < -0.3 is 9.47 Å². The summed E-state index contributed by atoms with van der Waals surface area (Å²) in [5.41, 5.74) is 5.03. The third-order valence-electron chi connectivity index (χ3n) is 5.62. The Bertz CT molecular complexity index is 1520. The van der Waals surface area contributed by atoms with Gasteiger partial charge in [-0.1, -0.05) is 37.3 Å². The van der Waals surface area contributed by atoms with Crippen LogP contribution in [0.15, 0.2) is 71.8 Å². The fourth-order valence-electron chi connectivity index (χ4n) is 4.10. The molecule has 3 aromatic heterocycles. The SMILES string of the molecule is CCc1nn2c(ncc3c(=O)n(-c4ccc5c(c4)OCO5)ccc32)c1-c1ccccc1. The number of ether oxygens (including phenoxy) is 2. The van der Waals surface area contributed by atoms with Crippen molar-refractivity contribution in [3.8, 4) is 28.3 Å². The number of benzene rings is 2. The second-order valence-electron chi connectivity index (χ2n) is 7.36. The minimum Gasteiger partial charge on any atom is -0.454 e. The predicted octanol–water partition coefficient (Wildman–Crippen LogP) is 3.99. The van der Waals surface area contributed by atoms with Gasteiger partial charge in [-0.05, 0) is 30.2 Å². The third-order valence-corrected chi connectivity index (χ3v) is 5.62. The molecule has 31 heavy (non-hydrogen) atoms. The van der Waals surface area contributed by atoms with Crippen LogP contribution >= 0.6 is 0 Å². The van der Waals surface area contributed by atoms with E-state index in [1.807, 2.05) is 36.4 Å². The highest BCUT2D eigenvalue weighted by molar-refractivity contribution is 5.86. The maximum absolute atomic E-state index is 13.3. The summed E-state index contributed by atoms with van der Waals surface area (Å²) >= 11 is 0. The molecular weight excluding hydrogens is 392 g/mol. The molecule has 2 aromatic carbocycles. The van der Waals surface area contributed by atoms with Crippen molar-refractivity contribution in [3.63, 3.8) is 0 Å². The standard InChI is InChI=1S/C24H18N4O3/c1-2-18-22(15-6-4-3-5-7-15)23-25-13-17-19(28(23)26-18)10-11-27(24(17)29)16-8-9-20-21(12-16)31-14-30-20/h3-13H,2,14H2,1H3. The lowest BCUT2D eigenvalue weighted by atomic mass is 10.0. The minimum absolute atomic E-state index is 0.166. The zero-order valence-electron chi connectivity index (χ0n) is 16.8. The molecule has 7 nitrogen and oxygen atoms in total. The lowest BCUT2D eigenvalue weighted by molar-refractivity contribution is 0.174. The second-order valence-corrected chi connectivity index (χ2v) is 7.36. The molecule has 152 valence electrons. The molecule has 1 aliphatic rings. The molecular formula is C24H18N4O3. The molecule has 0 N–H and O–H groups in total. The quantitative estimate of drug-likeness (QED) is 0.450. The average Bonchev–Trinajstić information content (AvgIpc) is 3.43. The van der Waals surface area contributed by atoms with E-state index in [1.54, 1.807) is 27.5 Å². The van der Waals surface area contributed by atoms with Crippen molar-refractivity contribution in [2.45, 2.75) is 13.3 Å². The largest absolute Gasteiger partial charge is 0.454 e. The van der Waals surface area contributed by atoms with Crippen molar-refractivity contribution in [1.82, 2.24) is 19.2 Å². The van der Waals surface area contributed by atoms with Crippen LogP contribution in [0.1, 0.15) is 12.6 Å². The molecule has 0 unspecified atom stereocenters. The Morgan fingerprint density at radius 1 is 1.03 bits per heavy atom. The van der Waals surface area contributed by atoms with E-state index < -0.39 is 0 Å². The van der Waals surface area contributed by atoms with E-state index in [2.05, 4.69) is 24.0 Å². The van der Waals surface area contributed by atoms with Crippen molar-refractivity contribution < 1.29 is 9.47 Å². The van der Waals surface area contributed by atoms with Crippen molar-refractivity contribution in [2.24, 2.45) is 0 Å². The Kier molecular flexibility index (Phi) is 3.83. The third kappa shape index (κ3) is 2.63. The van der Waals surface area contributed by atoms with Gasteiger partial charge in [0.05, 0.1) is 22.3 Å². The maximum atomic E-state index is 13.3. The fraction of sp³-hybridized carbons (Fsp3) is 0.125. The first kappa shape index (κ1) is 17.7. The smallest absolute Gasteiger partial charge is 0.266 e. The summed E-state index contributed by atoms with van der Waals surface area (Å²) < 4.78 is 14.2. The summed E-state index contributed by atoms with van der Waals surface area (Å²) in [6.07, 6.45) is 4.17. The topological polar surface area (TPSA) is 70.7 Å². The second kappa shape index (κ2) is 6.70. The van der Waals surface area contributed by atoms with E-state index in [0.717, 1.165) is 34.4 Å². The molecule has 0 radical (unpaired) electrons. The van der Waals surface area contributed by atoms with Gasteiger partial charge in [-0.2, -0.15) is 5.10 Å². The molecule has 0 fully saturated rings. The molecule has 0 saturated heterocycles. The van der Waals surface area contributed by atoms with Crippen LogP contribution in [-0.2, 0) is 6.42 Å². The molecule has 0 aliphatic carbocycles. The molecule has 0 saturated carbocycles. The highest BCUT2D eigenvalue weighted by Crippen LogP contribution is 2.34. The van der Waals surface area contributed by atoms with Gasteiger partial charge in [-0.25, -0.2) is 9.50 Å². The molecule has 0 spiro atoms. The maximum Gasteiger partial charge on any atom is 0.266 e. The van der Waals surface area contributed by atoms with Gasteiger partial charge in [0.1, 0.15) is 0 Å². The Morgan fingerprint density at radius 3 is 2.71 bits per heavy atom. The molecule has 0 bridgehead atoms. The number of rotatable bonds is 3. The molecule has 6 rings (SSSR count). The van der Waals surface area contributed by atoms with Crippen molar-refractivity contribution in [2.75, 3.05) is 6.79 Å². The lowest BCUT2D eigenvalue weighted by Gasteiger charge is -2.09. The van der Waals surface area contributed by atoms with Crippen LogP contribution in [0.3, 0.4) is 0 Å². The van der Waals surface area contributed by atoms with Gasteiger partial charge in [0, 0.05) is 24.0 Å². The Morgan fingerprint density at radius 2 is 1.87 bits per heavy atom. The first-order valence-corrected chi connectivity index (χ1v) is 10.1. The lowest BCUT2D eigenvalue weighted by Crippen LogP contribution is -2.18. The molecule has 5 aromatic rings. The summed E-state index contributed by atoms with van der Waals surface area (Å²) in [4.78, 5) is 18.0. The molecule has 7 heteroatoms. The molecule has 1 aliphatic heterocycles. The Balaban J connectivity index is 1.58. The molecule has 4 heterocycles. The van der Waals surface area contributed by atoms with Crippen LogP contribution in [0, 0.1) is 0 Å². The summed E-state index contributed by atoms with van der Waals surface area (Å²) in [6, 6.07) is 17.5. The van der Waals surface area contributed by atoms with E-state index in [1.165, 1.54) is 0 Å². The van der Waals surface area contributed by atoms with Crippen LogP contribution in [0.25, 0.3) is 33.4 Å². The van der Waals surface area contributed by atoms with Crippen molar-refractivity contribution >= 4 is 16.6 Å². The number of hydrogen-bond acceptors (Lipinski definition) is 5. The zero-order valence-corrected chi connectivity index (χ0v) is 16.8. The van der Waals surface area contributed by atoms with Gasteiger partial charge in [0.15, 0.2) is 17.1 Å². The summed E-state index contributed by atoms with van der Waals surface area (Å²) in [6.45, 7) is 2.26. The number of fused-ring (bicyclic) bond motifs is 4. The van der Waals surface area contributed by atoms with Gasteiger partial charge in [0.2, 0.25) is 6.79 Å². The van der Waals surface area contributed by atoms with E-state index in [4.69, 9.17) is 14.6 Å². The normalized spacial score (nSPS) is 12.7. The highest BCUT2D eigenvalue weighted by Gasteiger charge is 2.19. The van der Waals surface area contributed by atoms with Crippen molar-refractivity contribution in [3.05, 3.63) is 83.0 Å². The first-order chi connectivity index (χ1) is 15.2. The van der Waals surface area contributed by atoms with Crippen LogP contribution in [0.2, 0.25) is 0 Å². The molecule has 0 amide bonds. The van der Waals surface area contributed by atoms with Crippen LogP contribution in [0.4, 0.5) is 0 Å². The van der Waals surface area contributed by atoms with Crippen LogP contribution < -0.4 is 15.0 Å². The summed E-state index contributed by atoms with van der Waals surface area (Å²) in [7, 11) is 0. The van der Waals surface area contributed by atoms with Gasteiger partial charge in [0.25, 0.3) is 5.56 Å². The first-order valence-electron chi connectivity index (χ1n) is 10.1. The van der Waals surface area contributed by atoms with Crippen LogP contribution in [0.5, 0.6) is 11.5 Å². The number of pyridine rings is 1. The number of aromatic nitrogens is 4. The minimum atomic E-state index is -0.166. The monoisotopic (exact) mass is 410 g/mol.